The second kappa shape index (κ2) is 2.80. The molecule has 3 aliphatic rings. The van der Waals surface area contributed by atoms with Crippen molar-refractivity contribution in [3.05, 3.63) is 0 Å². The van der Waals surface area contributed by atoms with Gasteiger partial charge in [0.15, 0.2) is 0 Å². The standard InChI is InChI=1S/C10H14N2O3/c1-11(2)12-9(13)7-5-3-4-6(15-5)8(7)10(12)14/h5-8H,3-4H2,1-2H3/t5-,6+,7-,8-/m0/s1. The third-order valence-electron chi connectivity index (χ3n) is 3.66. The van der Waals surface area contributed by atoms with E-state index < -0.39 is 0 Å². The third kappa shape index (κ3) is 0.995. The largest absolute Gasteiger partial charge is 0.373 e. The van der Waals surface area contributed by atoms with Crippen molar-refractivity contribution in [2.45, 2.75) is 25.0 Å². The van der Waals surface area contributed by atoms with Crippen molar-refractivity contribution < 1.29 is 14.3 Å². The maximum absolute atomic E-state index is 12.0. The van der Waals surface area contributed by atoms with Gasteiger partial charge in [-0.3, -0.25) is 9.59 Å². The summed E-state index contributed by atoms with van der Waals surface area (Å²) in [5.41, 5.74) is 0. The van der Waals surface area contributed by atoms with Crippen molar-refractivity contribution in [3.8, 4) is 0 Å². The highest BCUT2D eigenvalue weighted by atomic mass is 16.5. The maximum atomic E-state index is 12.0. The van der Waals surface area contributed by atoms with Crippen molar-refractivity contribution in [3.63, 3.8) is 0 Å². The molecule has 3 aliphatic heterocycles. The summed E-state index contributed by atoms with van der Waals surface area (Å²) in [7, 11) is 3.44. The van der Waals surface area contributed by atoms with E-state index in [-0.39, 0.29) is 35.9 Å². The Hall–Kier alpha value is -0.940. The number of amides is 2. The van der Waals surface area contributed by atoms with Crippen LogP contribution in [0.4, 0.5) is 0 Å². The molecule has 0 aromatic rings. The predicted octanol–water partition coefficient (Wildman–Crippen LogP) is -0.375. The molecular formula is C10H14N2O3. The van der Waals surface area contributed by atoms with Crippen LogP contribution in [0.25, 0.3) is 0 Å². The van der Waals surface area contributed by atoms with Gasteiger partial charge in [-0.2, -0.15) is 0 Å². The molecule has 4 atom stereocenters. The molecule has 0 N–H and O–H groups in total. The first-order chi connectivity index (χ1) is 7.11. The van der Waals surface area contributed by atoms with Gasteiger partial charge in [-0.1, -0.05) is 0 Å². The highest BCUT2D eigenvalue weighted by Gasteiger charge is 2.62. The van der Waals surface area contributed by atoms with Crippen LogP contribution in [-0.4, -0.2) is 48.1 Å². The van der Waals surface area contributed by atoms with Gasteiger partial charge in [0.05, 0.1) is 24.0 Å². The number of rotatable bonds is 1. The summed E-state index contributed by atoms with van der Waals surface area (Å²) in [5.74, 6) is -0.582. The highest BCUT2D eigenvalue weighted by molar-refractivity contribution is 6.05. The van der Waals surface area contributed by atoms with Gasteiger partial charge in [0.25, 0.3) is 11.8 Å². The number of hydrogen-bond donors (Lipinski definition) is 0. The van der Waals surface area contributed by atoms with Gasteiger partial charge < -0.3 is 4.74 Å². The minimum atomic E-state index is -0.210. The van der Waals surface area contributed by atoms with Gasteiger partial charge >= 0.3 is 0 Å². The maximum Gasteiger partial charge on any atom is 0.250 e. The van der Waals surface area contributed by atoms with Crippen molar-refractivity contribution in [1.82, 2.24) is 10.0 Å². The number of hydrogen-bond acceptors (Lipinski definition) is 4. The fourth-order valence-electron chi connectivity index (χ4n) is 3.09. The Morgan fingerprint density at radius 3 is 2.00 bits per heavy atom. The number of ether oxygens (including phenoxy) is 1. The Labute approximate surface area is 87.9 Å². The second-order valence-corrected chi connectivity index (χ2v) is 4.68. The molecule has 5 heteroatoms. The Balaban J connectivity index is 1.97. The summed E-state index contributed by atoms with van der Waals surface area (Å²) in [6, 6.07) is 0. The van der Waals surface area contributed by atoms with E-state index in [1.165, 1.54) is 5.01 Å². The zero-order valence-corrected chi connectivity index (χ0v) is 8.84. The molecule has 3 rings (SSSR count). The van der Waals surface area contributed by atoms with Crippen molar-refractivity contribution >= 4 is 11.8 Å². The van der Waals surface area contributed by atoms with E-state index in [0.29, 0.717) is 0 Å². The van der Waals surface area contributed by atoms with Crippen LogP contribution < -0.4 is 0 Å². The van der Waals surface area contributed by atoms with Crippen LogP contribution in [-0.2, 0) is 14.3 Å². The van der Waals surface area contributed by atoms with Crippen LogP contribution in [0.3, 0.4) is 0 Å². The number of carbonyl (C=O) groups excluding carboxylic acids is 2. The third-order valence-corrected chi connectivity index (χ3v) is 3.66. The zero-order valence-electron chi connectivity index (χ0n) is 8.84. The number of imide groups is 1. The van der Waals surface area contributed by atoms with Crippen molar-refractivity contribution in [2.24, 2.45) is 11.8 Å². The van der Waals surface area contributed by atoms with Gasteiger partial charge in [0, 0.05) is 14.1 Å². The number of hydrazine groups is 1. The van der Waals surface area contributed by atoms with Crippen LogP contribution in [0.1, 0.15) is 12.8 Å². The smallest absolute Gasteiger partial charge is 0.250 e. The molecule has 0 aromatic heterocycles. The van der Waals surface area contributed by atoms with Crippen molar-refractivity contribution in [1.29, 1.82) is 0 Å². The summed E-state index contributed by atoms with van der Waals surface area (Å²) in [6.45, 7) is 0. The lowest BCUT2D eigenvalue weighted by molar-refractivity contribution is -0.157. The fraction of sp³-hybridized carbons (Fsp3) is 0.800. The van der Waals surface area contributed by atoms with E-state index in [4.69, 9.17) is 4.74 Å². The molecule has 15 heavy (non-hydrogen) atoms. The second-order valence-electron chi connectivity index (χ2n) is 4.68. The summed E-state index contributed by atoms with van der Waals surface area (Å²) >= 11 is 0. The zero-order chi connectivity index (χ0) is 10.7. The normalized spacial score (nSPS) is 43.3. The van der Waals surface area contributed by atoms with Crippen LogP contribution in [0.15, 0.2) is 0 Å². The van der Waals surface area contributed by atoms with Gasteiger partial charge in [-0.05, 0) is 12.8 Å². The van der Waals surface area contributed by atoms with Crippen molar-refractivity contribution in [2.75, 3.05) is 14.1 Å². The minimum absolute atomic E-state index is 0.0126. The Bertz CT molecular complexity index is 314. The molecule has 0 radical (unpaired) electrons. The number of nitrogens with zero attached hydrogens (tertiary/aromatic N) is 2. The molecule has 2 amide bonds. The van der Waals surface area contributed by atoms with Crippen LogP contribution in [0.2, 0.25) is 0 Å². The molecule has 0 aliphatic carbocycles. The van der Waals surface area contributed by atoms with Gasteiger partial charge in [-0.15, -0.1) is 0 Å². The molecule has 0 aromatic carbocycles. The monoisotopic (exact) mass is 210 g/mol. The first kappa shape index (κ1) is 9.30. The summed E-state index contributed by atoms with van der Waals surface area (Å²) < 4.78 is 5.62. The van der Waals surface area contributed by atoms with E-state index in [1.807, 2.05) is 0 Å². The molecule has 0 unspecified atom stereocenters. The fourth-order valence-corrected chi connectivity index (χ4v) is 3.09. The van der Waals surface area contributed by atoms with Crippen LogP contribution in [0, 0.1) is 11.8 Å². The number of carbonyl (C=O) groups is 2. The van der Waals surface area contributed by atoms with Crippen LogP contribution in [0.5, 0.6) is 0 Å². The molecule has 3 saturated heterocycles. The molecule has 3 fully saturated rings. The van der Waals surface area contributed by atoms with E-state index >= 15 is 0 Å². The number of fused-ring (bicyclic) bond motifs is 5. The average Bonchev–Trinajstić information content (AvgIpc) is 2.79. The molecule has 2 bridgehead atoms. The highest BCUT2D eigenvalue weighted by Crippen LogP contribution is 2.48. The lowest BCUT2D eigenvalue weighted by Crippen LogP contribution is -2.43. The lowest BCUT2D eigenvalue weighted by atomic mass is 9.81. The van der Waals surface area contributed by atoms with Gasteiger partial charge in [0.2, 0.25) is 0 Å². The van der Waals surface area contributed by atoms with E-state index in [1.54, 1.807) is 19.1 Å². The summed E-state index contributed by atoms with van der Waals surface area (Å²) in [5, 5.41) is 2.84. The minimum Gasteiger partial charge on any atom is -0.373 e. The van der Waals surface area contributed by atoms with E-state index in [2.05, 4.69) is 0 Å². The summed E-state index contributed by atoms with van der Waals surface area (Å²) in [6.07, 6.45) is 1.82. The van der Waals surface area contributed by atoms with Crippen LogP contribution >= 0.6 is 0 Å². The lowest BCUT2D eigenvalue weighted by Gasteiger charge is -2.23. The quantitative estimate of drug-likeness (QED) is 0.554. The Kier molecular flexibility index (Phi) is 1.73. The SMILES string of the molecule is CN(C)N1C(=O)[C@@H]2[C@@H](C1=O)[C@H]1CC[C@@H]2O1. The molecule has 5 nitrogen and oxygen atoms in total. The first-order valence-corrected chi connectivity index (χ1v) is 5.32. The molecule has 0 saturated carbocycles. The Morgan fingerprint density at radius 1 is 1.13 bits per heavy atom. The summed E-state index contributed by atoms with van der Waals surface area (Å²) in [4.78, 5) is 24.0. The Morgan fingerprint density at radius 2 is 1.60 bits per heavy atom. The van der Waals surface area contributed by atoms with Gasteiger partial charge in [0.1, 0.15) is 0 Å². The molecule has 3 heterocycles. The average molecular weight is 210 g/mol. The van der Waals surface area contributed by atoms with E-state index in [0.717, 1.165) is 12.8 Å². The predicted molar refractivity (Wildman–Crippen MR) is 50.4 cm³/mol. The molecular weight excluding hydrogens is 196 g/mol. The molecule has 0 spiro atoms. The topological polar surface area (TPSA) is 49.9 Å². The molecule has 82 valence electrons. The first-order valence-electron chi connectivity index (χ1n) is 5.32. The van der Waals surface area contributed by atoms with E-state index in [9.17, 15) is 9.59 Å². The van der Waals surface area contributed by atoms with Gasteiger partial charge in [-0.25, -0.2) is 10.0 Å².